The van der Waals surface area contributed by atoms with Crippen molar-refractivity contribution in [2.24, 2.45) is 0 Å². The zero-order chi connectivity index (χ0) is 14.8. The number of nitrogens with zero attached hydrogens (tertiary/aromatic N) is 1. The summed E-state index contributed by atoms with van der Waals surface area (Å²) in [5, 5.41) is 0. The number of esters is 1. The lowest BCUT2D eigenvalue weighted by Gasteiger charge is -2.05. The van der Waals surface area contributed by atoms with Crippen LogP contribution in [0.25, 0.3) is 16.6 Å². The summed E-state index contributed by atoms with van der Waals surface area (Å²) in [6, 6.07) is 11.9. The van der Waals surface area contributed by atoms with Crippen LogP contribution in [0.3, 0.4) is 0 Å². The second-order valence-corrected chi connectivity index (χ2v) is 4.61. The molecule has 0 N–H and O–H groups in total. The largest absolute Gasteiger partial charge is 0.462 e. The molecule has 0 saturated heterocycles. The van der Waals surface area contributed by atoms with Crippen molar-refractivity contribution in [1.29, 1.82) is 0 Å². The fourth-order valence-corrected chi connectivity index (χ4v) is 2.42. The molecule has 3 rings (SSSR count). The molecule has 106 valence electrons. The van der Waals surface area contributed by atoms with Gasteiger partial charge in [-0.15, -0.1) is 0 Å². The summed E-state index contributed by atoms with van der Waals surface area (Å²) in [5.41, 5.74) is 2.03. The topological polar surface area (TPSA) is 30.7 Å². The maximum atomic E-state index is 14.1. The Morgan fingerprint density at radius 1 is 1.14 bits per heavy atom. The van der Waals surface area contributed by atoms with Crippen LogP contribution in [0.2, 0.25) is 0 Å². The van der Waals surface area contributed by atoms with Gasteiger partial charge in [0.05, 0.1) is 17.7 Å². The van der Waals surface area contributed by atoms with Gasteiger partial charge in [-0.2, -0.15) is 0 Å². The van der Waals surface area contributed by atoms with Crippen LogP contribution in [0, 0.1) is 5.82 Å². The molecule has 4 heteroatoms. The summed E-state index contributed by atoms with van der Waals surface area (Å²) in [6.07, 6.45) is 3.57. The molecule has 0 aliphatic heterocycles. The Hall–Kier alpha value is -2.62. The van der Waals surface area contributed by atoms with Crippen molar-refractivity contribution in [2.45, 2.75) is 6.92 Å². The van der Waals surface area contributed by atoms with Gasteiger partial charge in [-0.05, 0) is 25.1 Å². The standard InChI is InChI=1S/C17H14FNO2/c1-2-21-17(20)16-13(12-7-3-4-8-14(12)18)11-19-10-6-5-9-15(16)19/h3-11H,2H2,1H3. The lowest BCUT2D eigenvalue weighted by atomic mass is 10.0. The molecule has 0 saturated carbocycles. The van der Waals surface area contributed by atoms with Crippen LogP contribution in [-0.2, 0) is 4.74 Å². The van der Waals surface area contributed by atoms with Gasteiger partial charge in [0.15, 0.2) is 0 Å². The average molecular weight is 283 g/mol. The summed E-state index contributed by atoms with van der Waals surface area (Å²) in [5.74, 6) is -0.802. The van der Waals surface area contributed by atoms with Crippen LogP contribution in [0.1, 0.15) is 17.3 Å². The summed E-state index contributed by atoms with van der Waals surface area (Å²) in [6.45, 7) is 2.03. The quantitative estimate of drug-likeness (QED) is 0.682. The Morgan fingerprint density at radius 3 is 2.67 bits per heavy atom. The van der Waals surface area contributed by atoms with Gasteiger partial charge in [-0.3, -0.25) is 0 Å². The SMILES string of the molecule is CCOC(=O)c1c(-c2ccccc2F)cn2ccccc12. The molecule has 0 aliphatic rings. The van der Waals surface area contributed by atoms with E-state index in [0.717, 1.165) is 0 Å². The maximum Gasteiger partial charge on any atom is 0.340 e. The van der Waals surface area contributed by atoms with Crippen LogP contribution in [-0.4, -0.2) is 17.0 Å². The zero-order valence-electron chi connectivity index (χ0n) is 11.5. The van der Waals surface area contributed by atoms with Crippen molar-refractivity contribution in [3.05, 3.63) is 66.2 Å². The Labute approximate surface area is 121 Å². The second-order valence-electron chi connectivity index (χ2n) is 4.61. The van der Waals surface area contributed by atoms with Gasteiger partial charge >= 0.3 is 5.97 Å². The Kier molecular flexibility index (Phi) is 3.44. The monoisotopic (exact) mass is 283 g/mol. The highest BCUT2D eigenvalue weighted by atomic mass is 19.1. The number of carbonyl (C=O) groups is 1. The third-order valence-corrected chi connectivity index (χ3v) is 3.33. The molecule has 0 unspecified atom stereocenters. The highest BCUT2D eigenvalue weighted by Gasteiger charge is 2.21. The predicted octanol–water partition coefficient (Wildman–Crippen LogP) is 3.92. The van der Waals surface area contributed by atoms with Crippen molar-refractivity contribution >= 4 is 11.5 Å². The van der Waals surface area contributed by atoms with Crippen LogP contribution in [0.15, 0.2) is 54.9 Å². The van der Waals surface area contributed by atoms with E-state index in [1.54, 1.807) is 35.7 Å². The van der Waals surface area contributed by atoms with Gasteiger partial charge in [-0.1, -0.05) is 24.3 Å². The minimum atomic E-state index is -0.440. The van der Waals surface area contributed by atoms with Gasteiger partial charge in [0.1, 0.15) is 5.82 Å². The van der Waals surface area contributed by atoms with E-state index in [-0.39, 0.29) is 12.4 Å². The average Bonchev–Trinajstić information content (AvgIpc) is 2.87. The van der Waals surface area contributed by atoms with Crippen LogP contribution < -0.4 is 0 Å². The predicted molar refractivity (Wildman–Crippen MR) is 78.7 cm³/mol. The van der Waals surface area contributed by atoms with Crippen LogP contribution in [0.5, 0.6) is 0 Å². The molecule has 3 aromatic rings. The highest BCUT2D eigenvalue weighted by Crippen LogP contribution is 2.31. The fourth-order valence-electron chi connectivity index (χ4n) is 2.42. The summed E-state index contributed by atoms with van der Waals surface area (Å²) in [7, 11) is 0. The fraction of sp³-hybridized carbons (Fsp3) is 0.118. The smallest absolute Gasteiger partial charge is 0.340 e. The number of halogens is 1. The van der Waals surface area contributed by atoms with E-state index in [2.05, 4.69) is 0 Å². The van der Waals surface area contributed by atoms with E-state index < -0.39 is 5.97 Å². The van der Waals surface area contributed by atoms with Crippen molar-refractivity contribution < 1.29 is 13.9 Å². The molecule has 0 spiro atoms. The summed E-state index contributed by atoms with van der Waals surface area (Å²) in [4.78, 5) is 12.3. The Morgan fingerprint density at radius 2 is 1.90 bits per heavy atom. The first-order valence-electron chi connectivity index (χ1n) is 6.74. The molecule has 0 aliphatic carbocycles. The number of hydrogen-bond acceptors (Lipinski definition) is 2. The highest BCUT2D eigenvalue weighted by molar-refractivity contribution is 6.04. The minimum absolute atomic E-state index is 0.277. The molecule has 21 heavy (non-hydrogen) atoms. The third-order valence-electron chi connectivity index (χ3n) is 3.33. The van der Waals surface area contributed by atoms with E-state index in [9.17, 15) is 9.18 Å². The number of fused-ring (bicyclic) bond motifs is 1. The van der Waals surface area contributed by atoms with E-state index in [1.165, 1.54) is 6.07 Å². The molecular formula is C17H14FNO2. The van der Waals surface area contributed by atoms with Crippen molar-refractivity contribution in [2.75, 3.05) is 6.61 Å². The van der Waals surface area contributed by atoms with Gasteiger partial charge in [0, 0.05) is 23.5 Å². The summed E-state index contributed by atoms with van der Waals surface area (Å²) >= 11 is 0. The molecule has 0 bridgehead atoms. The Balaban J connectivity index is 2.29. The van der Waals surface area contributed by atoms with E-state index in [0.29, 0.717) is 22.2 Å². The van der Waals surface area contributed by atoms with Gasteiger partial charge < -0.3 is 9.14 Å². The Bertz CT molecular complexity index is 807. The molecule has 2 heterocycles. The molecule has 0 fully saturated rings. The van der Waals surface area contributed by atoms with Crippen molar-refractivity contribution in [1.82, 2.24) is 4.40 Å². The van der Waals surface area contributed by atoms with E-state index >= 15 is 0 Å². The third kappa shape index (κ3) is 2.29. The van der Waals surface area contributed by atoms with E-state index in [4.69, 9.17) is 4.74 Å². The first kappa shape index (κ1) is 13.4. The number of carbonyl (C=O) groups excluding carboxylic acids is 1. The van der Waals surface area contributed by atoms with E-state index in [1.807, 2.05) is 24.4 Å². The first-order valence-corrected chi connectivity index (χ1v) is 6.74. The molecule has 0 radical (unpaired) electrons. The normalized spacial score (nSPS) is 10.8. The number of benzene rings is 1. The molecule has 3 nitrogen and oxygen atoms in total. The number of pyridine rings is 1. The van der Waals surface area contributed by atoms with Gasteiger partial charge in [-0.25, -0.2) is 9.18 Å². The number of aromatic nitrogens is 1. The maximum absolute atomic E-state index is 14.1. The second kappa shape index (κ2) is 5.40. The summed E-state index contributed by atoms with van der Waals surface area (Å²) < 4.78 is 21.0. The lowest BCUT2D eigenvalue weighted by molar-refractivity contribution is 0.0529. The van der Waals surface area contributed by atoms with Gasteiger partial charge in [0.2, 0.25) is 0 Å². The number of rotatable bonds is 3. The number of ether oxygens (including phenoxy) is 1. The van der Waals surface area contributed by atoms with Crippen molar-refractivity contribution in [3.63, 3.8) is 0 Å². The molecule has 2 aromatic heterocycles. The zero-order valence-corrected chi connectivity index (χ0v) is 11.5. The van der Waals surface area contributed by atoms with Crippen LogP contribution >= 0.6 is 0 Å². The van der Waals surface area contributed by atoms with Crippen molar-refractivity contribution in [3.8, 4) is 11.1 Å². The minimum Gasteiger partial charge on any atom is -0.462 e. The lowest BCUT2D eigenvalue weighted by Crippen LogP contribution is -2.05. The van der Waals surface area contributed by atoms with Crippen LogP contribution in [0.4, 0.5) is 4.39 Å². The molecule has 0 atom stereocenters. The molecule has 1 aromatic carbocycles. The first-order chi connectivity index (χ1) is 10.2. The molecular weight excluding hydrogens is 269 g/mol. The van der Waals surface area contributed by atoms with Gasteiger partial charge in [0.25, 0.3) is 0 Å². The number of hydrogen-bond donors (Lipinski definition) is 0. The molecule has 0 amide bonds.